The van der Waals surface area contributed by atoms with Crippen LogP contribution in [-0.4, -0.2) is 25.1 Å². The summed E-state index contributed by atoms with van der Waals surface area (Å²) in [6, 6.07) is 16.3. The largest absolute Gasteiger partial charge is 0.493 e. The van der Waals surface area contributed by atoms with Crippen molar-refractivity contribution >= 4 is 18.5 Å². The second-order valence-corrected chi connectivity index (χ2v) is 6.23. The van der Waals surface area contributed by atoms with Crippen LogP contribution in [0.2, 0.25) is 0 Å². The van der Waals surface area contributed by atoms with E-state index >= 15 is 0 Å². The van der Waals surface area contributed by atoms with Gasteiger partial charge in [-0.2, -0.15) is 5.26 Å². The zero-order chi connectivity index (χ0) is 16.8. The molecule has 0 amide bonds. The number of aryl methyl sites for hydroxylation is 1. The van der Waals surface area contributed by atoms with Crippen LogP contribution in [0.1, 0.15) is 28.7 Å². The fraction of sp³-hybridized carbons (Fsp3) is 0.286. The average Bonchev–Trinajstić information content (AvgIpc) is 2.62. The van der Waals surface area contributed by atoms with Crippen molar-refractivity contribution in [2.75, 3.05) is 20.2 Å². The average molecular weight is 355 g/mol. The third-order valence-corrected chi connectivity index (χ3v) is 4.20. The van der Waals surface area contributed by atoms with Crippen LogP contribution in [-0.2, 0) is 13.0 Å². The normalized spacial score (nSPS) is 13.0. The predicted molar refractivity (Wildman–Crippen MR) is 104 cm³/mol. The van der Waals surface area contributed by atoms with Gasteiger partial charge in [-0.25, -0.2) is 0 Å². The first kappa shape index (κ1) is 19.1. The molecular formula is C21H23ClN2O. The molecule has 0 unspecified atom stereocenters. The van der Waals surface area contributed by atoms with Gasteiger partial charge in [-0.1, -0.05) is 36.4 Å². The molecule has 3 nitrogen and oxygen atoms in total. The van der Waals surface area contributed by atoms with Crippen LogP contribution in [0.15, 0.2) is 48.5 Å². The molecule has 2 aromatic carbocycles. The standard InChI is InChI=1S/C21H22N2O.ClH/c1-23(12-2-4-17-6-8-18(15-22)9-7-17)16-19-10-11-20-5-3-13-24-21(20)14-19;/h2,4,6-11,14H,3,5,12-13,16H2,1H3;1H/b4-2+;. The number of nitriles is 1. The van der Waals surface area contributed by atoms with Crippen molar-refractivity contribution in [1.29, 1.82) is 5.26 Å². The van der Waals surface area contributed by atoms with Gasteiger partial charge < -0.3 is 4.74 Å². The Morgan fingerprint density at radius 3 is 2.76 bits per heavy atom. The Balaban J connectivity index is 0.00000225. The van der Waals surface area contributed by atoms with Gasteiger partial charge in [0.25, 0.3) is 0 Å². The number of ether oxygens (including phenoxy) is 1. The van der Waals surface area contributed by atoms with Gasteiger partial charge in [-0.05, 0) is 54.8 Å². The van der Waals surface area contributed by atoms with Crippen molar-refractivity contribution in [3.8, 4) is 11.8 Å². The van der Waals surface area contributed by atoms with Gasteiger partial charge in [-0.15, -0.1) is 12.4 Å². The maximum absolute atomic E-state index is 8.81. The van der Waals surface area contributed by atoms with Crippen molar-refractivity contribution in [2.45, 2.75) is 19.4 Å². The highest BCUT2D eigenvalue weighted by atomic mass is 35.5. The first-order valence-corrected chi connectivity index (χ1v) is 8.34. The minimum Gasteiger partial charge on any atom is -0.493 e. The lowest BCUT2D eigenvalue weighted by Gasteiger charge is -2.20. The van der Waals surface area contributed by atoms with Crippen molar-refractivity contribution in [2.24, 2.45) is 0 Å². The van der Waals surface area contributed by atoms with E-state index in [4.69, 9.17) is 10.00 Å². The summed E-state index contributed by atoms with van der Waals surface area (Å²) in [6.07, 6.45) is 6.48. The Hall–Kier alpha value is -2.28. The molecular weight excluding hydrogens is 332 g/mol. The van der Waals surface area contributed by atoms with Crippen LogP contribution < -0.4 is 4.74 Å². The third kappa shape index (κ3) is 5.35. The molecule has 0 aromatic heterocycles. The zero-order valence-corrected chi connectivity index (χ0v) is 15.3. The van der Waals surface area contributed by atoms with Gasteiger partial charge in [-0.3, -0.25) is 4.90 Å². The molecule has 3 rings (SSSR count). The number of fused-ring (bicyclic) bond motifs is 1. The Bertz CT molecular complexity index is 762. The Kier molecular flexibility index (Phi) is 7.06. The van der Waals surface area contributed by atoms with Crippen molar-refractivity contribution in [1.82, 2.24) is 4.90 Å². The maximum Gasteiger partial charge on any atom is 0.122 e. The summed E-state index contributed by atoms with van der Waals surface area (Å²) in [7, 11) is 2.11. The summed E-state index contributed by atoms with van der Waals surface area (Å²) in [5.74, 6) is 1.06. The topological polar surface area (TPSA) is 36.3 Å². The van der Waals surface area contributed by atoms with E-state index in [1.807, 2.05) is 24.3 Å². The molecule has 1 aliphatic rings. The van der Waals surface area contributed by atoms with Gasteiger partial charge in [0.1, 0.15) is 5.75 Å². The molecule has 25 heavy (non-hydrogen) atoms. The van der Waals surface area contributed by atoms with E-state index in [0.717, 1.165) is 43.9 Å². The van der Waals surface area contributed by atoms with Gasteiger partial charge >= 0.3 is 0 Å². The fourth-order valence-electron chi connectivity index (χ4n) is 2.90. The van der Waals surface area contributed by atoms with Crippen LogP contribution in [0.4, 0.5) is 0 Å². The number of nitrogens with zero attached hydrogens (tertiary/aromatic N) is 2. The molecule has 1 aliphatic heterocycles. The minimum atomic E-state index is 0. The molecule has 4 heteroatoms. The van der Waals surface area contributed by atoms with Crippen LogP contribution in [0.25, 0.3) is 6.08 Å². The van der Waals surface area contributed by atoms with Crippen molar-refractivity contribution in [3.05, 3.63) is 70.8 Å². The van der Waals surface area contributed by atoms with Crippen LogP contribution >= 0.6 is 12.4 Å². The molecule has 0 bridgehead atoms. The molecule has 0 spiro atoms. The third-order valence-electron chi connectivity index (χ3n) is 4.20. The first-order valence-electron chi connectivity index (χ1n) is 8.34. The Morgan fingerprint density at radius 1 is 1.20 bits per heavy atom. The molecule has 0 aliphatic carbocycles. The van der Waals surface area contributed by atoms with E-state index < -0.39 is 0 Å². The van der Waals surface area contributed by atoms with E-state index in [9.17, 15) is 0 Å². The lowest BCUT2D eigenvalue weighted by molar-refractivity contribution is 0.287. The molecule has 1 heterocycles. The van der Waals surface area contributed by atoms with Gasteiger partial charge in [0.2, 0.25) is 0 Å². The van der Waals surface area contributed by atoms with E-state index in [-0.39, 0.29) is 12.4 Å². The molecule has 2 aromatic rings. The molecule has 0 saturated carbocycles. The zero-order valence-electron chi connectivity index (χ0n) is 14.4. The molecule has 0 atom stereocenters. The van der Waals surface area contributed by atoms with E-state index in [1.54, 1.807) is 0 Å². The number of rotatable bonds is 5. The summed E-state index contributed by atoms with van der Waals surface area (Å²) in [5.41, 5.74) is 4.42. The lowest BCUT2D eigenvalue weighted by atomic mass is 10.0. The first-order chi connectivity index (χ1) is 11.7. The summed E-state index contributed by atoms with van der Waals surface area (Å²) < 4.78 is 5.75. The van der Waals surface area contributed by atoms with E-state index in [0.29, 0.717) is 5.56 Å². The lowest BCUT2D eigenvalue weighted by Crippen LogP contribution is -2.18. The van der Waals surface area contributed by atoms with Gasteiger partial charge in [0.05, 0.1) is 18.2 Å². The molecule has 130 valence electrons. The van der Waals surface area contributed by atoms with Crippen LogP contribution in [0.5, 0.6) is 5.75 Å². The van der Waals surface area contributed by atoms with E-state index in [1.165, 1.54) is 11.1 Å². The van der Waals surface area contributed by atoms with Crippen LogP contribution in [0.3, 0.4) is 0 Å². The second-order valence-electron chi connectivity index (χ2n) is 6.23. The smallest absolute Gasteiger partial charge is 0.122 e. The maximum atomic E-state index is 8.81. The number of halogens is 1. The molecule has 0 fully saturated rings. The van der Waals surface area contributed by atoms with Crippen LogP contribution in [0, 0.1) is 11.3 Å². The highest BCUT2D eigenvalue weighted by molar-refractivity contribution is 5.85. The summed E-state index contributed by atoms with van der Waals surface area (Å²) in [4.78, 5) is 2.27. The predicted octanol–water partition coefficient (Wildman–Crippen LogP) is 4.45. The summed E-state index contributed by atoms with van der Waals surface area (Å²) >= 11 is 0. The monoisotopic (exact) mass is 354 g/mol. The molecule has 0 saturated heterocycles. The molecule has 0 N–H and O–H groups in total. The second kappa shape index (κ2) is 9.27. The number of likely N-dealkylation sites (N-methyl/N-ethyl adjacent to an activating group) is 1. The highest BCUT2D eigenvalue weighted by Gasteiger charge is 2.10. The minimum absolute atomic E-state index is 0. The number of benzene rings is 2. The summed E-state index contributed by atoms with van der Waals surface area (Å²) in [5, 5.41) is 8.81. The van der Waals surface area contributed by atoms with E-state index in [2.05, 4.69) is 48.4 Å². The van der Waals surface area contributed by atoms with Gasteiger partial charge in [0.15, 0.2) is 0 Å². The van der Waals surface area contributed by atoms with Gasteiger partial charge in [0, 0.05) is 13.1 Å². The number of hydrogen-bond donors (Lipinski definition) is 0. The van der Waals surface area contributed by atoms with Crippen molar-refractivity contribution in [3.63, 3.8) is 0 Å². The fourth-order valence-corrected chi connectivity index (χ4v) is 2.90. The number of hydrogen-bond acceptors (Lipinski definition) is 3. The Labute approximate surface area is 155 Å². The quantitative estimate of drug-likeness (QED) is 0.795. The van der Waals surface area contributed by atoms with Crippen molar-refractivity contribution < 1.29 is 4.74 Å². The highest BCUT2D eigenvalue weighted by Crippen LogP contribution is 2.26. The summed E-state index contributed by atoms with van der Waals surface area (Å²) in [6.45, 7) is 2.60. The Morgan fingerprint density at radius 2 is 2.00 bits per heavy atom. The molecule has 0 radical (unpaired) electrons. The SMILES string of the molecule is CN(C/C=C/c1ccc(C#N)cc1)Cc1ccc2c(c1)OCCC2.Cl.